The first kappa shape index (κ1) is 15.4. The number of halogens is 1. The third-order valence-corrected chi connectivity index (χ3v) is 3.29. The van der Waals surface area contributed by atoms with E-state index in [0.29, 0.717) is 5.11 Å². The second-order valence-electron chi connectivity index (χ2n) is 5.88. The fourth-order valence-electron chi connectivity index (χ4n) is 2.06. The minimum Gasteiger partial charge on any atom is -0.332 e. The monoisotopic (exact) mass is 302 g/mol. The van der Waals surface area contributed by atoms with E-state index in [1.54, 1.807) is 12.1 Å². The zero-order valence-electron chi connectivity index (χ0n) is 12.4. The molecule has 2 aromatic carbocycles. The highest BCUT2D eigenvalue weighted by molar-refractivity contribution is 7.80. The van der Waals surface area contributed by atoms with E-state index in [2.05, 4.69) is 37.5 Å². The highest BCUT2D eigenvalue weighted by Crippen LogP contribution is 2.29. The van der Waals surface area contributed by atoms with Crippen LogP contribution in [0.15, 0.2) is 48.5 Å². The van der Waals surface area contributed by atoms with Gasteiger partial charge in [0, 0.05) is 11.4 Å². The zero-order valence-corrected chi connectivity index (χ0v) is 13.2. The van der Waals surface area contributed by atoms with Crippen LogP contribution in [0.4, 0.5) is 15.8 Å². The number of hydrogen-bond acceptors (Lipinski definition) is 1. The van der Waals surface area contributed by atoms with Crippen molar-refractivity contribution in [3.63, 3.8) is 0 Å². The highest BCUT2D eigenvalue weighted by atomic mass is 32.1. The summed E-state index contributed by atoms with van der Waals surface area (Å²) in [5.41, 5.74) is 2.94. The molecule has 0 amide bonds. The Labute approximate surface area is 130 Å². The Balaban J connectivity index is 2.11. The molecule has 0 saturated heterocycles. The van der Waals surface area contributed by atoms with Gasteiger partial charge in [-0.1, -0.05) is 39.0 Å². The van der Waals surface area contributed by atoms with Crippen molar-refractivity contribution in [3.05, 3.63) is 59.9 Å². The molecule has 0 radical (unpaired) electrons. The molecule has 0 aliphatic heterocycles. The van der Waals surface area contributed by atoms with Crippen molar-refractivity contribution in [2.75, 3.05) is 10.6 Å². The first-order valence-electron chi connectivity index (χ1n) is 6.79. The average molecular weight is 302 g/mol. The molecule has 0 unspecified atom stereocenters. The maximum absolute atomic E-state index is 12.9. The van der Waals surface area contributed by atoms with Crippen LogP contribution in [0.3, 0.4) is 0 Å². The topological polar surface area (TPSA) is 24.1 Å². The van der Waals surface area contributed by atoms with Crippen LogP contribution in [-0.4, -0.2) is 5.11 Å². The first-order chi connectivity index (χ1) is 9.86. The van der Waals surface area contributed by atoms with E-state index in [1.165, 1.54) is 17.7 Å². The SMILES string of the molecule is CC(C)(C)c1ccccc1NC(=S)Nc1ccc(F)cc1. The van der Waals surface area contributed by atoms with E-state index in [4.69, 9.17) is 12.2 Å². The number of para-hydroxylation sites is 1. The van der Waals surface area contributed by atoms with Crippen molar-refractivity contribution >= 4 is 28.7 Å². The Morgan fingerprint density at radius 1 is 0.952 bits per heavy atom. The summed E-state index contributed by atoms with van der Waals surface area (Å²) in [6.07, 6.45) is 0. The van der Waals surface area contributed by atoms with Gasteiger partial charge in [-0.15, -0.1) is 0 Å². The summed E-state index contributed by atoms with van der Waals surface area (Å²) in [4.78, 5) is 0. The fraction of sp³-hybridized carbons (Fsp3) is 0.235. The molecule has 2 aromatic rings. The molecule has 0 aromatic heterocycles. The minimum atomic E-state index is -0.266. The summed E-state index contributed by atoms with van der Waals surface area (Å²) in [6, 6.07) is 14.2. The Bertz CT molecular complexity index is 630. The lowest BCUT2D eigenvalue weighted by Crippen LogP contribution is -2.22. The van der Waals surface area contributed by atoms with Gasteiger partial charge in [0.15, 0.2) is 5.11 Å². The van der Waals surface area contributed by atoms with Gasteiger partial charge < -0.3 is 10.6 Å². The maximum atomic E-state index is 12.9. The van der Waals surface area contributed by atoms with Gasteiger partial charge in [0.05, 0.1) is 0 Å². The summed E-state index contributed by atoms with van der Waals surface area (Å²) in [6.45, 7) is 6.47. The predicted octanol–water partition coefficient (Wildman–Crippen LogP) is 4.93. The van der Waals surface area contributed by atoms with Crippen LogP contribution in [0.5, 0.6) is 0 Å². The lowest BCUT2D eigenvalue weighted by Gasteiger charge is -2.23. The van der Waals surface area contributed by atoms with Gasteiger partial charge in [0.25, 0.3) is 0 Å². The molecule has 21 heavy (non-hydrogen) atoms. The number of rotatable bonds is 2. The molecule has 0 saturated carbocycles. The van der Waals surface area contributed by atoms with Gasteiger partial charge in [-0.25, -0.2) is 4.39 Å². The Hall–Kier alpha value is -1.94. The van der Waals surface area contributed by atoms with E-state index in [1.807, 2.05) is 18.2 Å². The van der Waals surface area contributed by atoms with E-state index in [0.717, 1.165) is 11.4 Å². The van der Waals surface area contributed by atoms with Crippen LogP contribution in [0.25, 0.3) is 0 Å². The molecular weight excluding hydrogens is 283 g/mol. The molecule has 0 spiro atoms. The van der Waals surface area contributed by atoms with Crippen LogP contribution in [-0.2, 0) is 5.41 Å². The number of hydrogen-bond donors (Lipinski definition) is 2. The Kier molecular flexibility index (Phi) is 4.58. The Morgan fingerprint density at radius 2 is 1.57 bits per heavy atom. The minimum absolute atomic E-state index is 0.0229. The lowest BCUT2D eigenvalue weighted by molar-refractivity contribution is 0.592. The first-order valence-corrected chi connectivity index (χ1v) is 7.20. The van der Waals surface area contributed by atoms with Crippen molar-refractivity contribution in [1.29, 1.82) is 0 Å². The standard InChI is InChI=1S/C17H19FN2S/c1-17(2,3)14-6-4-5-7-15(14)20-16(21)19-13-10-8-12(18)9-11-13/h4-11H,1-3H3,(H2,19,20,21). The molecule has 4 heteroatoms. The van der Waals surface area contributed by atoms with Crippen LogP contribution >= 0.6 is 12.2 Å². The normalized spacial score (nSPS) is 11.0. The molecule has 2 nitrogen and oxygen atoms in total. The molecule has 0 fully saturated rings. The number of anilines is 2. The summed E-state index contributed by atoms with van der Waals surface area (Å²) < 4.78 is 12.9. The van der Waals surface area contributed by atoms with Gasteiger partial charge in [-0.3, -0.25) is 0 Å². The van der Waals surface area contributed by atoms with Crippen molar-refractivity contribution in [3.8, 4) is 0 Å². The smallest absolute Gasteiger partial charge is 0.175 e. The van der Waals surface area contributed by atoms with Gasteiger partial charge in [0.2, 0.25) is 0 Å². The molecule has 2 rings (SSSR count). The molecule has 0 bridgehead atoms. The third-order valence-electron chi connectivity index (χ3n) is 3.09. The highest BCUT2D eigenvalue weighted by Gasteiger charge is 2.17. The van der Waals surface area contributed by atoms with Gasteiger partial charge >= 0.3 is 0 Å². The van der Waals surface area contributed by atoms with E-state index in [9.17, 15) is 4.39 Å². The molecule has 0 atom stereocenters. The maximum Gasteiger partial charge on any atom is 0.175 e. The van der Waals surface area contributed by atoms with Crippen molar-refractivity contribution < 1.29 is 4.39 Å². The zero-order chi connectivity index (χ0) is 15.5. The second-order valence-corrected chi connectivity index (χ2v) is 6.29. The van der Waals surface area contributed by atoms with E-state index < -0.39 is 0 Å². The number of benzene rings is 2. The quantitative estimate of drug-likeness (QED) is 0.769. The van der Waals surface area contributed by atoms with Crippen molar-refractivity contribution in [2.24, 2.45) is 0 Å². The third kappa shape index (κ3) is 4.26. The lowest BCUT2D eigenvalue weighted by atomic mass is 9.86. The van der Waals surface area contributed by atoms with Crippen LogP contribution in [0.1, 0.15) is 26.3 Å². The predicted molar refractivity (Wildman–Crippen MR) is 91.4 cm³/mol. The molecule has 110 valence electrons. The molecular formula is C17H19FN2S. The molecule has 2 N–H and O–H groups in total. The molecule has 0 heterocycles. The van der Waals surface area contributed by atoms with Crippen LogP contribution < -0.4 is 10.6 Å². The van der Waals surface area contributed by atoms with Gasteiger partial charge in [-0.2, -0.15) is 0 Å². The van der Waals surface area contributed by atoms with Gasteiger partial charge in [0.1, 0.15) is 5.82 Å². The summed E-state index contributed by atoms with van der Waals surface area (Å²) in [7, 11) is 0. The van der Waals surface area contributed by atoms with Crippen molar-refractivity contribution in [2.45, 2.75) is 26.2 Å². The van der Waals surface area contributed by atoms with Crippen LogP contribution in [0, 0.1) is 5.82 Å². The number of nitrogens with one attached hydrogen (secondary N) is 2. The summed E-state index contributed by atoms with van der Waals surface area (Å²) in [5.74, 6) is -0.266. The van der Waals surface area contributed by atoms with E-state index in [-0.39, 0.29) is 11.2 Å². The van der Waals surface area contributed by atoms with Crippen LogP contribution in [0.2, 0.25) is 0 Å². The molecule has 0 aliphatic rings. The van der Waals surface area contributed by atoms with Crippen molar-refractivity contribution in [1.82, 2.24) is 0 Å². The second kappa shape index (κ2) is 6.22. The van der Waals surface area contributed by atoms with Gasteiger partial charge in [-0.05, 0) is 53.5 Å². The summed E-state index contributed by atoms with van der Waals surface area (Å²) >= 11 is 5.32. The largest absolute Gasteiger partial charge is 0.332 e. The van der Waals surface area contributed by atoms with E-state index >= 15 is 0 Å². The summed E-state index contributed by atoms with van der Waals surface area (Å²) in [5, 5.41) is 6.74. The fourth-order valence-corrected chi connectivity index (χ4v) is 2.29. The average Bonchev–Trinajstić information content (AvgIpc) is 2.41. The Morgan fingerprint density at radius 3 is 2.19 bits per heavy atom. The molecule has 0 aliphatic carbocycles. The number of thiocarbonyl (C=S) groups is 1.